The molecule has 1 aromatic carbocycles. The Kier molecular flexibility index (Phi) is 7.36. The zero-order chi connectivity index (χ0) is 16.2. The van der Waals surface area contributed by atoms with Gasteiger partial charge in [-0.05, 0) is 37.5 Å². The summed E-state index contributed by atoms with van der Waals surface area (Å²) in [5.41, 5.74) is 0.529. The van der Waals surface area contributed by atoms with E-state index in [1.54, 1.807) is 0 Å². The van der Waals surface area contributed by atoms with Crippen molar-refractivity contribution in [2.45, 2.75) is 33.1 Å². The molecule has 130 valence electrons. The first-order chi connectivity index (χ1) is 10.4. The summed E-state index contributed by atoms with van der Waals surface area (Å²) in [4.78, 5) is 14.7. The number of carbonyl (C=O) groups is 1. The monoisotopic (exact) mass is 340 g/mol. The molecule has 1 amide bonds. The molecule has 23 heavy (non-hydrogen) atoms. The standard InChI is InChI=1S/C18H28N2O2.ClH/c1-14(2)13-22-16-7-5-15(6-8-16)18(3,4)17(21)20-11-9-19-10-12-20;/h5-8,14,19H,9-13H2,1-4H3;1H. The molecule has 2 rings (SSSR count). The van der Waals surface area contributed by atoms with Crippen molar-refractivity contribution in [3.05, 3.63) is 29.8 Å². The Hall–Kier alpha value is -1.26. The first-order valence-corrected chi connectivity index (χ1v) is 8.14. The lowest BCUT2D eigenvalue weighted by molar-refractivity contribution is -0.136. The van der Waals surface area contributed by atoms with E-state index < -0.39 is 5.41 Å². The van der Waals surface area contributed by atoms with E-state index in [1.165, 1.54) is 0 Å². The number of nitrogens with zero attached hydrogens (tertiary/aromatic N) is 1. The minimum atomic E-state index is -0.506. The van der Waals surface area contributed by atoms with E-state index in [0.29, 0.717) is 12.5 Å². The predicted molar refractivity (Wildman–Crippen MR) is 96.5 cm³/mol. The van der Waals surface area contributed by atoms with Crippen molar-refractivity contribution >= 4 is 18.3 Å². The molecule has 4 nitrogen and oxygen atoms in total. The van der Waals surface area contributed by atoms with Crippen molar-refractivity contribution < 1.29 is 9.53 Å². The van der Waals surface area contributed by atoms with Crippen LogP contribution in [0.2, 0.25) is 0 Å². The van der Waals surface area contributed by atoms with Gasteiger partial charge in [0.25, 0.3) is 0 Å². The van der Waals surface area contributed by atoms with Crippen molar-refractivity contribution in [1.29, 1.82) is 0 Å². The van der Waals surface area contributed by atoms with Crippen LogP contribution in [-0.2, 0) is 10.2 Å². The Balaban J connectivity index is 0.00000264. The average molecular weight is 341 g/mol. The molecular weight excluding hydrogens is 312 g/mol. The second-order valence-corrected chi connectivity index (χ2v) is 6.90. The lowest BCUT2D eigenvalue weighted by atomic mass is 9.83. The molecule has 1 fully saturated rings. The molecule has 1 N–H and O–H groups in total. The van der Waals surface area contributed by atoms with Gasteiger partial charge in [-0.3, -0.25) is 4.79 Å². The van der Waals surface area contributed by atoms with Crippen LogP contribution in [-0.4, -0.2) is 43.6 Å². The molecule has 1 aliphatic heterocycles. The molecule has 5 heteroatoms. The van der Waals surface area contributed by atoms with E-state index in [-0.39, 0.29) is 18.3 Å². The fourth-order valence-electron chi connectivity index (χ4n) is 2.62. The van der Waals surface area contributed by atoms with Crippen LogP contribution >= 0.6 is 12.4 Å². The summed E-state index contributed by atoms with van der Waals surface area (Å²) in [5, 5.41) is 3.28. The van der Waals surface area contributed by atoms with Gasteiger partial charge < -0.3 is 15.0 Å². The highest BCUT2D eigenvalue weighted by Crippen LogP contribution is 2.27. The van der Waals surface area contributed by atoms with Crippen molar-refractivity contribution in [2.75, 3.05) is 32.8 Å². The highest BCUT2D eigenvalue weighted by Gasteiger charge is 2.34. The van der Waals surface area contributed by atoms with Crippen molar-refractivity contribution in [3.8, 4) is 5.75 Å². The zero-order valence-electron chi connectivity index (χ0n) is 14.6. The van der Waals surface area contributed by atoms with Gasteiger partial charge in [0.2, 0.25) is 5.91 Å². The Morgan fingerprint density at radius 3 is 2.30 bits per heavy atom. The molecule has 0 radical (unpaired) electrons. The molecule has 0 unspecified atom stereocenters. The number of piperazine rings is 1. The Morgan fingerprint density at radius 1 is 1.22 bits per heavy atom. The topological polar surface area (TPSA) is 41.6 Å². The highest BCUT2D eigenvalue weighted by molar-refractivity contribution is 5.87. The number of amides is 1. The van der Waals surface area contributed by atoms with Gasteiger partial charge in [-0.1, -0.05) is 26.0 Å². The fraction of sp³-hybridized carbons (Fsp3) is 0.611. The van der Waals surface area contributed by atoms with E-state index in [1.807, 2.05) is 43.0 Å². The molecule has 0 aromatic heterocycles. The van der Waals surface area contributed by atoms with Gasteiger partial charge in [0.05, 0.1) is 12.0 Å². The Morgan fingerprint density at radius 2 is 1.78 bits per heavy atom. The fourth-order valence-corrected chi connectivity index (χ4v) is 2.62. The van der Waals surface area contributed by atoms with Crippen LogP contribution in [0.4, 0.5) is 0 Å². The summed E-state index contributed by atoms with van der Waals surface area (Å²) in [7, 11) is 0. The van der Waals surface area contributed by atoms with Crippen LogP contribution < -0.4 is 10.1 Å². The van der Waals surface area contributed by atoms with Gasteiger partial charge in [-0.2, -0.15) is 0 Å². The first-order valence-electron chi connectivity index (χ1n) is 8.14. The van der Waals surface area contributed by atoms with E-state index in [9.17, 15) is 4.79 Å². The highest BCUT2D eigenvalue weighted by atomic mass is 35.5. The number of carbonyl (C=O) groups excluding carboxylic acids is 1. The SMILES string of the molecule is CC(C)COc1ccc(C(C)(C)C(=O)N2CCNCC2)cc1.Cl. The van der Waals surface area contributed by atoms with Crippen LogP contribution in [0.1, 0.15) is 33.3 Å². The van der Waals surface area contributed by atoms with Crippen molar-refractivity contribution in [2.24, 2.45) is 5.92 Å². The van der Waals surface area contributed by atoms with Crippen LogP contribution in [0.5, 0.6) is 5.75 Å². The molecule has 1 saturated heterocycles. The van der Waals surface area contributed by atoms with Crippen LogP contribution in [0.3, 0.4) is 0 Å². The third-order valence-electron chi connectivity index (χ3n) is 4.10. The molecular formula is C18H29ClN2O2. The largest absolute Gasteiger partial charge is 0.493 e. The van der Waals surface area contributed by atoms with Gasteiger partial charge in [-0.15, -0.1) is 12.4 Å². The third kappa shape index (κ3) is 5.11. The van der Waals surface area contributed by atoms with Crippen LogP contribution in [0.15, 0.2) is 24.3 Å². The summed E-state index contributed by atoms with van der Waals surface area (Å²) in [5.74, 6) is 1.57. The van der Waals surface area contributed by atoms with Gasteiger partial charge >= 0.3 is 0 Å². The number of hydrogen-bond donors (Lipinski definition) is 1. The smallest absolute Gasteiger partial charge is 0.232 e. The van der Waals surface area contributed by atoms with E-state index in [2.05, 4.69) is 19.2 Å². The van der Waals surface area contributed by atoms with E-state index >= 15 is 0 Å². The molecule has 1 aliphatic rings. The van der Waals surface area contributed by atoms with Gasteiger partial charge in [0, 0.05) is 26.2 Å². The molecule has 0 bridgehead atoms. The molecule has 0 saturated carbocycles. The van der Waals surface area contributed by atoms with Gasteiger partial charge in [0.1, 0.15) is 5.75 Å². The number of hydrogen-bond acceptors (Lipinski definition) is 3. The maximum absolute atomic E-state index is 12.8. The third-order valence-corrected chi connectivity index (χ3v) is 4.10. The molecule has 0 aliphatic carbocycles. The number of nitrogens with one attached hydrogen (secondary N) is 1. The van der Waals surface area contributed by atoms with Crippen LogP contribution in [0.25, 0.3) is 0 Å². The van der Waals surface area contributed by atoms with E-state index in [4.69, 9.17) is 4.74 Å². The quantitative estimate of drug-likeness (QED) is 0.896. The molecule has 1 aromatic rings. The summed E-state index contributed by atoms with van der Waals surface area (Å²) in [6.07, 6.45) is 0. The van der Waals surface area contributed by atoms with Gasteiger partial charge in [0.15, 0.2) is 0 Å². The maximum atomic E-state index is 12.8. The summed E-state index contributed by atoms with van der Waals surface area (Å²) in [6.45, 7) is 12.3. The normalized spacial score (nSPS) is 15.3. The zero-order valence-corrected chi connectivity index (χ0v) is 15.4. The molecule has 0 atom stereocenters. The van der Waals surface area contributed by atoms with Gasteiger partial charge in [-0.25, -0.2) is 0 Å². The average Bonchev–Trinajstić information content (AvgIpc) is 2.53. The van der Waals surface area contributed by atoms with Crippen molar-refractivity contribution in [1.82, 2.24) is 10.2 Å². The maximum Gasteiger partial charge on any atom is 0.232 e. The number of rotatable bonds is 5. The number of benzene rings is 1. The number of halogens is 1. The Bertz CT molecular complexity index is 494. The minimum Gasteiger partial charge on any atom is -0.493 e. The lowest BCUT2D eigenvalue weighted by Crippen LogP contribution is -2.51. The lowest BCUT2D eigenvalue weighted by Gasteiger charge is -2.35. The van der Waals surface area contributed by atoms with E-state index in [0.717, 1.165) is 37.5 Å². The summed E-state index contributed by atoms with van der Waals surface area (Å²) in [6, 6.07) is 7.94. The Labute approximate surface area is 146 Å². The van der Waals surface area contributed by atoms with Crippen LogP contribution in [0, 0.1) is 5.92 Å². The molecule has 1 heterocycles. The number of ether oxygens (including phenoxy) is 1. The minimum absolute atomic E-state index is 0. The predicted octanol–water partition coefficient (Wildman–Crippen LogP) is 2.85. The molecule has 0 spiro atoms. The first kappa shape index (κ1) is 19.8. The second kappa shape index (κ2) is 8.55. The van der Waals surface area contributed by atoms with Crippen molar-refractivity contribution in [3.63, 3.8) is 0 Å². The summed E-state index contributed by atoms with van der Waals surface area (Å²) >= 11 is 0. The summed E-state index contributed by atoms with van der Waals surface area (Å²) < 4.78 is 5.71. The second-order valence-electron chi connectivity index (χ2n) is 6.90.